The van der Waals surface area contributed by atoms with E-state index in [-0.39, 0.29) is 0 Å². The van der Waals surface area contributed by atoms with Crippen LogP contribution >= 0.6 is 0 Å². The summed E-state index contributed by atoms with van der Waals surface area (Å²) < 4.78 is 18.4. The summed E-state index contributed by atoms with van der Waals surface area (Å²) in [4.78, 5) is 0. The number of hydrogen-bond acceptors (Lipinski definition) is 5. The van der Waals surface area contributed by atoms with Crippen LogP contribution in [0.5, 0.6) is 23.1 Å². The van der Waals surface area contributed by atoms with Crippen LogP contribution in [0.4, 0.5) is 0 Å². The molecule has 2 aromatic rings. The summed E-state index contributed by atoms with van der Waals surface area (Å²) in [7, 11) is 5.03. The predicted octanol–water partition coefficient (Wildman–Crippen LogP) is 2.04. The Kier molecular flexibility index (Phi) is 4.70. The number of hydrogen-bond donors (Lipinski definition) is 1. The standard InChI is InChI=1S/C15H21N3O3/c1-10-11(8-9-16)15(18(2)17-10)21-14-12(19-3)6-5-7-13(14)20-4/h5-7H,8-9,16H2,1-4H3. The molecule has 0 spiro atoms. The average Bonchev–Trinajstić information content (AvgIpc) is 2.74. The van der Waals surface area contributed by atoms with E-state index in [1.165, 1.54) is 0 Å². The van der Waals surface area contributed by atoms with E-state index >= 15 is 0 Å². The third-order valence-electron chi connectivity index (χ3n) is 3.26. The number of aromatic nitrogens is 2. The molecule has 2 rings (SSSR count). The van der Waals surface area contributed by atoms with Crippen molar-refractivity contribution < 1.29 is 14.2 Å². The van der Waals surface area contributed by atoms with Gasteiger partial charge in [-0.2, -0.15) is 5.10 Å². The van der Waals surface area contributed by atoms with Crippen LogP contribution in [0.15, 0.2) is 18.2 Å². The lowest BCUT2D eigenvalue weighted by molar-refractivity contribution is 0.333. The molecule has 6 heteroatoms. The Labute approximate surface area is 124 Å². The Morgan fingerprint density at radius 1 is 1.19 bits per heavy atom. The van der Waals surface area contributed by atoms with Gasteiger partial charge in [0.1, 0.15) is 0 Å². The fourth-order valence-corrected chi connectivity index (χ4v) is 2.26. The fourth-order valence-electron chi connectivity index (χ4n) is 2.26. The van der Waals surface area contributed by atoms with E-state index in [4.69, 9.17) is 19.9 Å². The van der Waals surface area contributed by atoms with Crippen LogP contribution in [0.25, 0.3) is 0 Å². The molecule has 0 fully saturated rings. The Bertz CT molecular complexity index is 601. The minimum atomic E-state index is 0.531. The maximum Gasteiger partial charge on any atom is 0.221 e. The Morgan fingerprint density at radius 3 is 2.33 bits per heavy atom. The maximum absolute atomic E-state index is 6.05. The number of nitrogens with zero attached hydrogens (tertiary/aromatic N) is 2. The molecule has 0 aliphatic rings. The van der Waals surface area contributed by atoms with Crippen molar-refractivity contribution in [3.63, 3.8) is 0 Å². The lowest BCUT2D eigenvalue weighted by atomic mass is 10.2. The highest BCUT2D eigenvalue weighted by molar-refractivity contribution is 5.53. The molecule has 0 atom stereocenters. The van der Waals surface area contributed by atoms with Gasteiger partial charge in [0.15, 0.2) is 11.5 Å². The molecule has 21 heavy (non-hydrogen) atoms. The lowest BCUT2D eigenvalue weighted by Gasteiger charge is -2.14. The molecule has 0 radical (unpaired) electrons. The minimum absolute atomic E-state index is 0.531. The normalized spacial score (nSPS) is 10.5. The molecule has 0 saturated heterocycles. The number of ether oxygens (including phenoxy) is 3. The third-order valence-corrected chi connectivity index (χ3v) is 3.26. The zero-order chi connectivity index (χ0) is 15.4. The SMILES string of the molecule is COc1cccc(OC)c1Oc1c(CCN)c(C)nn1C. The number of para-hydroxylation sites is 1. The number of nitrogens with two attached hydrogens (primary N) is 1. The highest BCUT2D eigenvalue weighted by atomic mass is 16.5. The van der Waals surface area contributed by atoms with Gasteiger partial charge < -0.3 is 19.9 Å². The lowest BCUT2D eigenvalue weighted by Crippen LogP contribution is -2.05. The first kappa shape index (κ1) is 15.2. The van der Waals surface area contributed by atoms with Gasteiger partial charge in [-0.3, -0.25) is 0 Å². The molecule has 1 aromatic heterocycles. The van der Waals surface area contributed by atoms with Crippen LogP contribution in [0, 0.1) is 6.92 Å². The zero-order valence-electron chi connectivity index (χ0n) is 12.8. The van der Waals surface area contributed by atoms with Crippen molar-refractivity contribution >= 4 is 0 Å². The Morgan fingerprint density at radius 2 is 1.81 bits per heavy atom. The summed E-state index contributed by atoms with van der Waals surface area (Å²) in [5.74, 6) is 2.39. The topological polar surface area (TPSA) is 71.5 Å². The molecule has 0 unspecified atom stereocenters. The van der Waals surface area contributed by atoms with Crippen LogP contribution in [0.2, 0.25) is 0 Å². The van der Waals surface area contributed by atoms with E-state index in [1.807, 2.05) is 32.2 Å². The summed E-state index contributed by atoms with van der Waals surface area (Å²) in [6, 6.07) is 5.49. The molecule has 0 amide bonds. The van der Waals surface area contributed by atoms with Gasteiger partial charge in [-0.25, -0.2) is 4.68 Å². The van der Waals surface area contributed by atoms with Gasteiger partial charge in [-0.15, -0.1) is 0 Å². The van der Waals surface area contributed by atoms with Gasteiger partial charge in [-0.05, 0) is 32.0 Å². The number of benzene rings is 1. The Hall–Kier alpha value is -2.21. The fraction of sp³-hybridized carbons (Fsp3) is 0.400. The molecular weight excluding hydrogens is 270 g/mol. The molecular formula is C15H21N3O3. The largest absolute Gasteiger partial charge is 0.493 e. The van der Waals surface area contributed by atoms with E-state index in [1.54, 1.807) is 18.9 Å². The van der Waals surface area contributed by atoms with E-state index in [2.05, 4.69) is 5.10 Å². The highest BCUT2D eigenvalue weighted by Crippen LogP contribution is 2.41. The van der Waals surface area contributed by atoms with E-state index in [0.717, 1.165) is 11.3 Å². The summed E-state index contributed by atoms with van der Waals surface area (Å²) in [5, 5.41) is 4.39. The van der Waals surface area contributed by atoms with E-state index < -0.39 is 0 Å². The molecule has 0 aliphatic carbocycles. The molecule has 1 heterocycles. The molecule has 0 bridgehead atoms. The monoisotopic (exact) mass is 291 g/mol. The smallest absolute Gasteiger partial charge is 0.221 e. The van der Waals surface area contributed by atoms with Crippen molar-refractivity contribution in [2.24, 2.45) is 12.8 Å². The molecule has 6 nitrogen and oxygen atoms in total. The number of aryl methyl sites for hydroxylation is 2. The first-order valence-corrected chi connectivity index (χ1v) is 6.73. The zero-order valence-corrected chi connectivity index (χ0v) is 12.8. The van der Waals surface area contributed by atoms with Crippen molar-refractivity contribution in [2.45, 2.75) is 13.3 Å². The van der Waals surface area contributed by atoms with Gasteiger partial charge in [-0.1, -0.05) is 6.07 Å². The van der Waals surface area contributed by atoms with Gasteiger partial charge in [0.05, 0.1) is 19.9 Å². The summed E-state index contributed by atoms with van der Waals surface area (Å²) in [6.07, 6.45) is 0.701. The first-order valence-electron chi connectivity index (χ1n) is 6.73. The highest BCUT2D eigenvalue weighted by Gasteiger charge is 2.19. The minimum Gasteiger partial charge on any atom is -0.493 e. The molecule has 0 saturated carbocycles. The van der Waals surface area contributed by atoms with E-state index in [9.17, 15) is 0 Å². The van der Waals surface area contributed by atoms with E-state index in [0.29, 0.717) is 36.1 Å². The Balaban J connectivity index is 2.47. The quantitative estimate of drug-likeness (QED) is 0.882. The number of rotatable bonds is 6. The second-order valence-corrected chi connectivity index (χ2v) is 4.63. The molecule has 2 N–H and O–H groups in total. The van der Waals surface area contributed by atoms with Crippen LogP contribution in [0.3, 0.4) is 0 Å². The predicted molar refractivity (Wildman–Crippen MR) is 80.3 cm³/mol. The van der Waals surface area contributed by atoms with Crippen molar-refractivity contribution in [3.05, 3.63) is 29.5 Å². The molecule has 114 valence electrons. The van der Waals surface area contributed by atoms with Crippen LogP contribution in [0.1, 0.15) is 11.3 Å². The van der Waals surface area contributed by atoms with Crippen molar-refractivity contribution in [3.8, 4) is 23.1 Å². The number of methoxy groups -OCH3 is 2. The first-order chi connectivity index (χ1) is 10.1. The molecule has 1 aromatic carbocycles. The maximum atomic E-state index is 6.05. The van der Waals surface area contributed by atoms with Gasteiger partial charge in [0.25, 0.3) is 0 Å². The second-order valence-electron chi connectivity index (χ2n) is 4.63. The third kappa shape index (κ3) is 2.95. The average molecular weight is 291 g/mol. The van der Waals surface area contributed by atoms with Crippen molar-refractivity contribution in [1.29, 1.82) is 0 Å². The van der Waals surface area contributed by atoms with Crippen molar-refractivity contribution in [2.75, 3.05) is 20.8 Å². The van der Waals surface area contributed by atoms with Crippen LogP contribution in [-0.4, -0.2) is 30.5 Å². The van der Waals surface area contributed by atoms with Gasteiger partial charge in [0.2, 0.25) is 11.6 Å². The van der Waals surface area contributed by atoms with Crippen LogP contribution < -0.4 is 19.9 Å². The van der Waals surface area contributed by atoms with Gasteiger partial charge >= 0.3 is 0 Å². The second kappa shape index (κ2) is 6.49. The van der Waals surface area contributed by atoms with Crippen LogP contribution in [-0.2, 0) is 13.5 Å². The summed E-state index contributed by atoms with van der Waals surface area (Å²) in [5.41, 5.74) is 7.57. The van der Waals surface area contributed by atoms with Crippen molar-refractivity contribution in [1.82, 2.24) is 9.78 Å². The summed E-state index contributed by atoms with van der Waals surface area (Å²) >= 11 is 0. The molecule has 0 aliphatic heterocycles. The van der Waals surface area contributed by atoms with Gasteiger partial charge in [0, 0.05) is 12.6 Å². The summed E-state index contributed by atoms with van der Waals surface area (Å²) in [6.45, 7) is 2.48.